The van der Waals surface area contributed by atoms with Crippen LogP contribution in [0, 0.1) is 25.2 Å². The first-order chi connectivity index (χ1) is 9.39. The number of hydrogen-bond donors (Lipinski definition) is 1. The van der Waals surface area contributed by atoms with Gasteiger partial charge in [-0.2, -0.15) is 0 Å². The maximum atomic E-state index is 3.59. The van der Waals surface area contributed by atoms with E-state index in [4.69, 9.17) is 0 Å². The summed E-state index contributed by atoms with van der Waals surface area (Å²) in [6.07, 6.45) is 6.68. The van der Waals surface area contributed by atoms with E-state index >= 15 is 0 Å². The topological polar surface area (TPSA) is 12.0 Å². The highest BCUT2D eigenvalue weighted by molar-refractivity contribution is 5.29. The molecule has 20 heavy (non-hydrogen) atoms. The fourth-order valence-corrected chi connectivity index (χ4v) is 3.77. The van der Waals surface area contributed by atoms with Gasteiger partial charge in [-0.25, -0.2) is 0 Å². The van der Waals surface area contributed by atoms with Crippen molar-refractivity contribution in [3.8, 4) is 0 Å². The molecule has 1 unspecified atom stereocenters. The van der Waals surface area contributed by atoms with Crippen LogP contribution in [0.1, 0.15) is 56.2 Å². The van der Waals surface area contributed by atoms with Gasteiger partial charge in [-0.05, 0) is 69.9 Å². The Bertz CT molecular complexity index is 417. The predicted octanol–water partition coefficient (Wildman–Crippen LogP) is 4.65. The van der Waals surface area contributed by atoms with Crippen LogP contribution in [0.5, 0.6) is 0 Å². The second-order valence-corrected chi connectivity index (χ2v) is 7.60. The molecular weight excluding hydrogens is 242 g/mol. The zero-order chi connectivity index (χ0) is 14.8. The van der Waals surface area contributed by atoms with E-state index in [1.165, 1.54) is 48.8 Å². The molecule has 1 atom stereocenters. The van der Waals surface area contributed by atoms with Crippen LogP contribution in [-0.2, 0) is 6.42 Å². The zero-order valence-electron chi connectivity index (χ0n) is 13.9. The minimum absolute atomic E-state index is 0.564. The Hall–Kier alpha value is -0.820. The monoisotopic (exact) mass is 273 g/mol. The van der Waals surface area contributed by atoms with E-state index in [-0.39, 0.29) is 0 Å². The Morgan fingerprint density at radius 2 is 1.65 bits per heavy atom. The molecule has 0 saturated heterocycles. The molecule has 0 bridgehead atoms. The SMILES string of the molecule is CNC(Cc1cc(C)cc(C)c1)C1CCC(C)(C)CC1. The normalized spacial score (nSPS) is 20.9. The number of nitrogens with one attached hydrogen (secondary N) is 1. The van der Waals surface area contributed by atoms with E-state index in [1.807, 2.05) is 0 Å². The zero-order valence-corrected chi connectivity index (χ0v) is 13.9. The molecule has 0 heterocycles. The lowest BCUT2D eigenvalue weighted by molar-refractivity contribution is 0.163. The van der Waals surface area contributed by atoms with Crippen molar-refractivity contribution in [2.45, 2.75) is 65.8 Å². The van der Waals surface area contributed by atoms with Gasteiger partial charge in [-0.1, -0.05) is 43.2 Å². The van der Waals surface area contributed by atoms with Gasteiger partial charge in [0.15, 0.2) is 0 Å². The second-order valence-electron chi connectivity index (χ2n) is 7.60. The third-order valence-corrected chi connectivity index (χ3v) is 5.06. The van der Waals surface area contributed by atoms with Crippen molar-refractivity contribution < 1.29 is 0 Å². The van der Waals surface area contributed by atoms with Gasteiger partial charge in [0.1, 0.15) is 0 Å². The van der Waals surface area contributed by atoms with Crippen molar-refractivity contribution in [3.63, 3.8) is 0 Å². The number of aryl methyl sites for hydroxylation is 2. The summed E-state index contributed by atoms with van der Waals surface area (Å²) in [7, 11) is 2.13. The Balaban J connectivity index is 2.02. The highest BCUT2D eigenvalue weighted by Crippen LogP contribution is 2.39. The van der Waals surface area contributed by atoms with Crippen molar-refractivity contribution in [2.24, 2.45) is 11.3 Å². The molecule has 2 rings (SSSR count). The number of hydrogen-bond acceptors (Lipinski definition) is 1. The van der Waals surface area contributed by atoms with Crippen LogP contribution in [0.2, 0.25) is 0 Å². The number of likely N-dealkylation sites (N-methyl/N-ethyl adjacent to an activating group) is 1. The molecule has 0 aromatic heterocycles. The second kappa shape index (κ2) is 6.30. The van der Waals surface area contributed by atoms with Crippen LogP contribution in [0.25, 0.3) is 0 Å². The van der Waals surface area contributed by atoms with Crippen molar-refractivity contribution in [2.75, 3.05) is 7.05 Å². The lowest BCUT2D eigenvalue weighted by atomic mass is 9.70. The van der Waals surface area contributed by atoms with Gasteiger partial charge in [-0.15, -0.1) is 0 Å². The van der Waals surface area contributed by atoms with Crippen molar-refractivity contribution in [3.05, 3.63) is 34.9 Å². The van der Waals surface area contributed by atoms with Gasteiger partial charge in [0.25, 0.3) is 0 Å². The average molecular weight is 273 g/mol. The Morgan fingerprint density at radius 3 is 2.15 bits per heavy atom. The summed E-state index contributed by atoms with van der Waals surface area (Å²) in [5.41, 5.74) is 4.83. The lowest BCUT2D eigenvalue weighted by Crippen LogP contribution is -2.38. The maximum absolute atomic E-state index is 3.59. The number of rotatable bonds is 4. The van der Waals surface area contributed by atoms with Crippen LogP contribution in [0.3, 0.4) is 0 Å². The molecule has 1 saturated carbocycles. The average Bonchev–Trinajstić information content (AvgIpc) is 2.35. The quantitative estimate of drug-likeness (QED) is 0.842. The first-order valence-corrected chi connectivity index (χ1v) is 8.14. The predicted molar refractivity (Wildman–Crippen MR) is 88.2 cm³/mol. The van der Waals surface area contributed by atoms with Crippen molar-refractivity contribution >= 4 is 0 Å². The summed E-state index contributed by atoms with van der Waals surface area (Å²) < 4.78 is 0. The lowest BCUT2D eigenvalue weighted by Gasteiger charge is -2.38. The van der Waals surface area contributed by atoms with E-state index in [2.05, 4.69) is 58.3 Å². The van der Waals surface area contributed by atoms with Gasteiger partial charge in [0.05, 0.1) is 0 Å². The smallest absolute Gasteiger partial charge is 0.0133 e. The first-order valence-electron chi connectivity index (χ1n) is 8.14. The molecule has 0 radical (unpaired) electrons. The first kappa shape index (κ1) is 15.6. The molecule has 1 aromatic rings. The highest BCUT2D eigenvalue weighted by atomic mass is 14.9. The van der Waals surface area contributed by atoms with Crippen LogP contribution in [0.15, 0.2) is 18.2 Å². The van der Waals surface area contributed by atoms with Crippen LogP contribution >= 0.6 is 0 Å². The Kier molecular flexibility index (Phi) is 4.90. The van der Waals surface area contributed by atoms with E-state index in [0.717, 1.165) is 5.92 Å². The van der Waals surface area contributed by atoms with E-state index in [9.17, 15) is 0 Å². The summed E-state index contributed by atoms with van der Waals surface area (Å²) in [5, 5.41) is 3.59. The van der Waals surface area contributed by atoms with Gasteiger partial charge in [0, 0.05) is 6.04 Å². The summed E-state index contributed by atoms with van der Waals surface area (Å²) in [4.78, 5) is 0. The molecule has 1 aliphatic carbocycles. The van der Waals surface area contributed by atoms with E-state index < -0.39 is 0 Å². The summed E-state index contributed by atoms with van der Waals surface area (Å²) in [6, 6.07) is 7.60. The standard InChI is InChI=1S/C19H31N/c1-14-10-15(2)12-16(11-14)13-18(20-5)17-6-8-19(3,4)9-7-17/h10-12,17-18,20H,6-9,13H2,1-5H3. The van der Waals surface area contributed by atoms with Crippen molar-refractivity contribution in [1.29, 1.82) is 0 Å². The van der Waals surface area contributed by atoms with Crippen LogP contribution in [-0.4, -0.2) is 13.1 Å². The van der Waals surface area contributed by atoms with Gasteiger partial charge in [-0.3, -0.25) is 0 Å². The van der Waals surface area contributed by atoms with E-state index in [0.29, 0.717) is 11.5 Å². The minimum atomic E-state index is 0.564. The fraction of sp³-hybridized carbons (Fsp3) is 0.684. The molecular formula is C19H31N. The molecule has 112 valence electrons. The molecule has 0 amide bonds. The maximum Gasteiger partial charge on any atom is 0.0133 e. The fourth-order valence-electron chi connectivity index (χ4n) is 3.77. The van der Waals surface area contributed by atoms with Gasteiger partial charge in [0.2, 0.25) is 0 Å². The number of benzene rings is 1. The molecule has 1 nitrogen and oxygen atoms in total. The molecule has 0 aliphatic heterocycles. The van der Waals surface area contributed by atoms with Crippen LogP contribution in [0.4, 0.5) is 0 Å². The molecule has 1 heteroatoms. The molecule has 1 N–H and O–H groups in total. The van der Waals surface area contributed by atoms with E-state index in [1.54, 1.807) is 0 Å². The largest absolute Gasteiger partial charge is 0.316 e. The summed E-state index contributed by atoms with van der Waals surface area (Å²) in [5.74, 6) is 0.842. The van der Waals surface area contributed by atoms with Crippen LogP contribution < -0.4 is 5.32 Å². The highest BCUT2D eigenvalue weighted by Gasteiger charge is 2.30. The van der Waals surface area contributed by atoms with Crippen molar-refractivity contribution in [1.82, 2.24) is 5.32 Å². The third kappa shape index (κ3) is 4.09. The summed E-state index contributed by atoms with van der Waals surface area (Å²) in [6.45, 7) is 9.24. The molecule has 0 spiro atoms. The van der Waals surface area contributed by atoms with Gasteiger partial charge < -0.3 is 5.32 Å². The van der Waals surface area contributed by atoms with Gasteiger partial charge >= 0.3 is 0 Å². The molecule has 1 fully saturated rings. The minimum Gasteiger partial charge on any atom is -0.316 e. The Labute approximate surface area is 125 Å². The summed E-state index contributed by atoms with van der Waals surface area (Å²) >= 11 is 0. The Morgan fingerprint density at radius 1 is 1.10 bits per heavy atom. The third-order valence-electron chi connectivity index (χ3n) is 5.06. The molecule has 1 aliphatic rings. The molecule has 1 aromatic carbocycles.